The summed E-state index contributed by atoms with van der Waals surface area (Å²) in [7, 11) is 3.17. The van der Waals surface area contributed by atoms with E-state index in [0.29, 0.717) is 28.2 Å². The highest BCUT2D eigenvalue weighted by molar-refractivity contribution is 5.43. The van der Waals surface area contributed by atoms with Gasteiger partial charge in [-0.2, -0.15) is 0 Å². The Bertz CT molecular complexity index is 828. The van der Waals surface area contributed by atoms with Crippen LogP contribution < -0.4 is 9.47 Å². The topological polar surface area (TPSA) is 58.9 Å². The highest BCUT2D eigenvalue weighted by Crippen LogP contribution is 2.41. The number of hydrogen-bond acceptors (Lipinski definition) is 4. The summed E-state index contributed by atoms with van der Waals surface area (Å²) < 4.78 is 10.4. The number of methoxy groups -OCH3 is 2. The van der Waals surface area contributed by atoms with Crippen LogP contribution in [0.4, 0.5) is 0 Å². The van der Waals surface area contributed by atoms with E-state index in [9.17, 15) is 10.2 Å². The van der Waals surface area contributed by atoms with Crippen molar-refractivity contribution >= 4 is 0 Å². The van der Waals surface area contributed by atoms with Gasteiger partial charge in [-0.25, -0.2) is 0 Å². The number of benzene rings is 3. The van der Waals surface area contributed by atoms with Crippen LogP contribution in [0.25, 0.3) is 0 Å². The van der Waals surface area contributed by atoms with Crippen LogP contribution >= 0.6 is 0 Å². The number of aliphatic hydroxyl groups is 2. The monoisotopic (exact) mass is 350 g/mol. The molecule has 0 aliphatic rings. The molecule has 3 aromatic rings. The minimum Gasteiger partial charge on any atom is -0.497 e. The van der Waals surface area contributed by atoms with E-state index in [1.54, 1.807) is 74.9 Å². The third-order valence-electron chi connectivity index (χ3n) is 4.57. The van der Waals surface area contributed by atoms with Gasteiger partial charge < -0.3 is 19.7 Å². The zero-order valence-corrected chi connectivity index (χ0v) is 14.8. The van der Waals surface area contributed by atoms with E-state index in [4.69, 9.17) is 9.47 Å². The molecule has 134 valence electrons. The van der Waals surface area contributed by atoms with Crippen LogP contribution in [0, 0.1) is 0 Å². The smallest absolute Gasteiger partial charge is 0.145 e. The fraction of sp³-hybridized carbons (Fsp3) is 0.182. The molecule has 2 atom stereocenters. The molecule has 26 heavy (non-hydrogen) atoms. The van der Waals surface area contributed by atoms with Gasteiger partial charge in [-0.05, 0) is 41.0 Å². The van der Waals surface area contributed by atoms with Crippen LogP contribution in [0.1, 0.15) is 22.8 Å². The number of rotatable bonds is 6. The number of hydrogen-bond donors (Lipinski definition) is 2. The molecule has 0 fully saturated rings. The Morgan fingerprint density at radius 1 is 0.692 bits per heavy atom. The lowest BCUT2D eigenvalue weighted by molar-refractivity contribution is -0.0518. The summed E-state index contributed by atoms with van der Waals surface area (Å²) in [5.74, 6) is 1.37. The van der Waals surface area contributed by atoms with Gasteiger partial charge in [0.25, 0.3) is 0 Å². The molecule has 0 heterocycles. The Hall–Kier alpha value is -2.82. The predicted molar refractivity (Wildman–Crippen MR) is 100 cm³/mol. The molecule has 0 aromatic heterocycles. The van der Waals surface area contributed by atoms with E-state index in [1.165, 1.54) is 0 Å². The van der Waals surface area contributed by atoms with Crippen molar-refractivity contribution in [3.05, 3.63) is 95.6 Å². The van der Waals surface area contributed by atoms with Gasteiger partial charge in [0.2, 0.25) is 0 Å². The first-order valence-electron chi connectivity index (χ1n) is 8.34. The standard InChI is InChI=1S/C22H22O4/c1-25-19-12-8-16(9-13-19)21(23)22(24,17-6-4-3-5-7-17)18-10-14-20(26-2)15-11-18/h3-15,21,23-24H,1-2H3/t21-,22-/m1/s1. The van der Waals surface area contributed by atoms with E-state index in [1.807, 2.05) is 18.2 Å². The first kappa shape index (κ1) is 18.0. The maximum absolute atomic E-state index is 11.6. The van der Waals surface area contributed by atoms with Crippen molar-refractivity contribution in [3.63, 3.8) is 0 Å². The summed E-state index contributed by atoms with van der Waals surface area (Å²) in [5, 5.41) is 22.8. The molecule has 3 rings (SSSR count). The maximum Gasteiger partial charge on any atom is 0.145 e. The van der Waals surface area contributed by atoms with Crippen LogP contribution in [-0.4, -0.2) is 24.4 Å². The van der Waals surface area contributed by atoms with Gasteiger partial charge in [0.05, 0.1) is 14.2 Å². The summed E-state index contributed by atoms with van der Waals surface area (Å²) in [5.41, 5.74) is 0.163. The highest BCUT2D eigenvalue weighted by Gasteiger charge is 2.40. The molecule has 0 aliphatic carbocycles. The average molecular weight is 350 g/mol. The molecule has 0 saturated carbocycles. The van der Waals surface area contributed by atoms with Gasteiger partial charge in [0.15, 0.2) is 0 Å². The summed E-state index contributed by atoms with van der Waals surface area (Å²) in [6, 6.07) is 23.2. The van der Waals surface area contributed by atoms with Crippen molar-refractivity contribution in [1.82, 2.24) is 0 Å². The molecule has 0 bridgehead atoms. The molecule has 0 saturated heterocycles. The minimum absolute atomic E-state index is 0.577. The van der Waals surface area contributed by atoms with E-state index in [-0.39, 0.29) is 0 Å². The predicted octanol–water partition coefficient (Wildman–Crippen LogP) is 3.67. The summed E-state index contributed by atoms with van der Waals surface area (Å²) >= 11 is 0. The Morgan fingerprint density at radius 2 is 1.15 bits per heavy atom. The molecule has 0 spiro atoms. The second-order valence-electron chi connectivity index (χ2n) is 6.04. The average Bonchev–Trinajstić information content (AvgIpc) is 2.73. The normalized spacial score (nSPS) is 14.3. The molecule has 2 N–H and O–H groups in total. The highest BCUT2D eigenvalue weighted by atomic mass is 16.5. The fourth-order valence-corrected chi connectivity index (χ4v) is 3.05. The van der Waals surface area contributed by atoms with Gasteiger partial charge in [-0.15, -0.1) is 0 Å². The fourth-order valence-electron chi connectivity index (χ4n) is 3.05. The second-order valence-corrected chi connectivity index (χ2v) is 6.04. The van der Waals surface area contributed by atoms with E-state index in [2.05, 4.69) is 0 Å². The first-order chi connectivity index (χ1) is 12.6. The Balaban J connectivity index is 2.10. The van der Waals surface area contributed by atoms with Gasteiger partial charge in [-0.1, -0.05) is 54.6 Å². The van der Waals surface area contributed by atoms with Crippen LogP contribution in [-0.2, 0) is 5.60 Å². The first-order valence-corrected chi connectivity index (χ1v) is 8.34. The van der Waals surface area contributed by atoms with Crippen molar-refractivity contribution in [2.75, 3.05) is 14.2 Å². The van der Waals surface area contributed by atoms with Gasteiger partial charge in [0.1, 0.15) is 23.2 Å². The van der Waals surface area contributed by atoms with E-state index >= 15 is 0 Å². The zero-order chi connectivity index (χ0) is 18.6. The lowest BCUT2D eigenvalue weighted by atomic mass is 9.79. The molecule has 4 heteroatoms. The van der Waals surface area contributed by atoms with Crippen LogP contribution in [0.2, 0.25) is 0 Å². The minimum atomic E-state index is -1.61. The molecule has 0 amide bonds. The largest absolute Gasteiger partial charge is 0.497 e. The summed E-state index contributed by atoms with van der Waals surface area (Å²) in [4.78, 5) is 0. The van der Waals surface area contributed by atoms with Crippen molar-refractivity contribution < 1.29 is 19.7 Å². The lowest BCUT2D eigenvalue weighted by Crippen LogP contribution is -2.35. The van der Waals surface area contributed by atoms with Crippen LogP contribution in [0.15, 0.2) is 78.9 Å². The molecular formula is C22H22O4. The second kappa shape index (κ2) is 7.60. The molecule has 0 unspecified atom stereocenters. The number of ether oxygens (including phenoxy) is 2. The van der Waals surface area contributed by atoms with Crippen molar-refractivity contribution in [2.24, 2.45) is 0 Å². The molecule has 4 nitrogen and oxygen atoms in total. The SMILES string of the molecule is COc1ccc([C@@H](O)[C@@](O)(c2ccccc2)c2ccc(OC)cc2)cc1. The Kier molecular flexibility index (Phi) is 5.26. The molecule has 0 aliphatic heterocycles. The van der Waals surface area contributed by atoms with Gasteiger partial charge in [-0.3, -0.25) is 0 Å². The van der Waals surface area contributed by atoms with Gasteiger partial charge in [0, 0.05) is 0 Å². The van der Waals surface area contributed by atoms with Crippen molar-refractivity contribution in [3.8, 4) is 11.5 Å². The summed E-state index contributed by atoms with van der Waals surface area (Å²) in [6.45, 7) is 0. The zero-order valence-electron chi connectivity index (χ0n) is 14.8. The lowest BCUT2D eigenvalue weighted by Gasteiger charge is -2.34. The van der Waals surface area contributed by atoms with Crippen molar-refractivity contribution in [1.29, 1.82) is 0 Å². The third-order valence-corrected chi connectivity index (χ3v) is 4.57. The Labute approximate surface area is 153 Å². The van der Waals surface area contributed by atoms with Crippen LogP contribution in [0.5, 0.6) is 11.5 Å². The van der Waals surface area contributed by atoms with Gasteiger partial charge >= 0.3 is 0 Å². The third kappa shape index (κ3) is 3.29. The maximum atomic E-state index is 11.6. The summed E-state index contributed by atoms with van der Waals surface area (Å²) in [6.07, 6.45) is -1.16. The van der Waals surface area contributed by atoms with Crippen LogP contribution in [0.3, 0.4) is 0 Å². The quantitative estimate of drug-likeness (QED) is 0.712. The molecule has 0 radical (unpaired) electrons. The Morgan fingerprint density at radius 3 is 1.65 bits per heavy atom. The van der Waals surface area contributed by atoms with E-state index < -0.39 is 11.7 Å². The molecule has 3 aromatic carbocycles. The number of aliphatic hydroxyl groups excluding tert-OH is 1. The van der Waals surface area contributed by atoms with E-state index in [0.717, 1.165) is 0 Å². The van der Waals surface area contributed by atoms with Crippen molar-refractivity contribution in [2.45, 2.75) is 11.7 Å². The molecular weight excluding hydrogens is 328 g/mol.